The van der Waals surface area contributed by atoms with Gasteiger partial charge in [0.1, 0.15) is 11.6 Å². The fourth-order valence-electron chi connectivity index (χ4n) is 3.52. The molecule has 9 nitrogen and oxygen atoms in total. The number of carbonyl (C=O) groups excluding carboxylic acids is 1. The van der Waals surface area contributed by atoms with E-state index < -0.39 is 32.1 Å². The average molecular weight is 462 g/mol. The fraction of sp³-hybridized carbons (Fsp3) is 0.300. The minimum Gasteiger partial charge on any atom is -0.445 e. The number of aromatic nitrogens is 1. The standard InChI is InChI=1S/C20H19N3O6S2/c1-31(27,28)15-10-17(19-21-16-4-2-3-5-18(16)30-19)22(11-15)20(24)29-12-13-6-8-14(9-7-13)23(25)26/h2-9,15,17H,10-12H2,1H3/t15-,17+/m1/s1. The lowest BCUT2D eigenvalue weighted by molar-refractivity contribution is -0.384. The number of amides is 1. The number of thiazole rings is 1. The Labute approximate surface area is 182 Å². The Kier molecular flexibility index (Phi) is 5.63. The van der Waals surface area contributed by atoms with Crippen molar-refractivity contribution in [3.63, 3.8) is 0 Å². The molecule has 1 aliphatic heterocycles. The Morgan fingerprint density at radius 3 is 2.61 bits per heavy atom. The summed E-state index contributed by atoms with van der Waals surface area (Å²) in [5.74, 6) is 0. The number of benzene rings is 2. The van der Waals surface area contributed by atoms with Crippen LogP contribution in [0, 0.1) is 10.1 Å². The van der Waals surface area contributed by atoms with Gasteiger partial charge in [0.05, 0.1) is 26.4 Å². The van der Waals surface area contributed by atoms with Crippen LogP contribution in [0.4, 0.5) is 10.5 Å². The quantitative estimate of drug-likeness (QED) is 0.420. The van der Waals surface area contributed by atoms with Crippen LogP contribution < -0.4 is 0 Å². The maximum Gasteiger partial charge on any atom is 0.410 e. The number of hydrogen-bond donors (Lipinski definition) is 0. The number of non-ortho nitro benzene ring substituents is 1. The van der Waals surface area contributed by atoms with Crippen LogP contribution in [0.15, 0.2) is 48.5 Å². The topological polar surface area (TPSA) is 120 Å². The largest absolute Gasteiger partial charge is 0.445 e. The lowest BCUT2D eigenvalue weighted by Crippen LogP contribution is -2.33. The van der Waals surface area contributed by atoms with E-state index in [9.17, 15) is 23.3 Å². The molecule has 4 rings (SSSR count). The van der Waals surface area contributed by atoms with Gasteiger partial charge in [-0.2, -0.15) is 0 Å². The van der Waals surface area contributed by atoms with Crippen molar-refractivity contribution in [1.29, 1.82) is 0 Å². The number of ether oxygens (including phenoxy) is 1. The smallest absolute Gasteiger partial charge is 0.410 e. The molecule has 31 heavy (non-hydrogen) atoms. The van der Waals surface area contributed by atoms with E-state index in [0.29, 0.717) is 10.6 Å². The second-order valence-electron chi connectivity index (χ2n) is 7.35. The third kappa shape index (κ3) is 4.52. The normalized spacial score (nSPS) is 18.9. The first kappa shape index (κ1) is 21.2. The second-order valence-corrected chi connectivity index (χ2v) is 10.7. The number of carbonyl (C=O) groups is 1. The summed E-state index contributed by atoms with van der Waals surface area (Å²) in [5.41, 5.74) is 1.33. The van der Waals surface area contributed by atoms with Gasteiger partial charge in [-0.25, -0.2) is 18.2 Å². The number of para-hydroxylation sites is 1. The summed E-state index contributed by atoms with van der Waals surface area (Å²) in [4.78, 5) is 29.1. The monoisotopic (exact) mass is 461 g/mol. The first-order valence-electron chi connectivity index (χ1n) is 9.43. The number of rotatable bonds is 5. The van der Waals surface area contributed by atoms with Crippen molar-refractivity contribution >= 4 is 43.2 Å². The Bertz CT molecular complexity index is 1210. The molecule has 0 unspecified atom stereocenters. The van der Waals surface area contributed by atoms with E-state index in [0.717, 1.165) is 10.2 Å². The Morgan fingerprint density at radius 1 is 1.26 bits per heavy atom. The van der Waals surface area contributed by atoms with Crippen molar-refractivity contribution in [2.75, 3.05) is 12.8 Å². The SMILES string of the molecule is CS(=O)(=O)[C@@H]1C[C@@H](c2nc3ccccc3s2)N(C(=O)OCc2ccc([N+](=O)[O-])cc2)C1. The number of nitrogens with zero attached hydrogens (tertiary/aromatic N) is 3. The zero-order chi connectivity index (χ0) is 22.2. The predicted octanol–water partition coefficient (Wildman–Crippen LogP) is 3.70. The first-order valence-corrected chi connectivity index (χ1v) is 12.2. The molecule has 0 saturated carbocycles. The molecule has 0 radical (unpaired) electrons. The molecule has 1 aliphatic rings. The number of likely N-dealkylation sites (tertiary alicyclic amines) is 1. The van der Waals surface area contributed by atoms with Gasteiger partial charge < -0.3 is 4.74 Å². The molecule has 1 aromatic heterocycles. The van der Waals surface area contributed by atoms with Gasteiger partial charge in [0.2, 0.25) is 0 Å². The van der Waals surface area contributed by atoms with Crippen LogP contribution in [0.1, 0.15) is 23.0 Å². The van der Waals surface area contributed by atoms with Crippen LogP contribution in [-0.2, 0) is 21.2 Å². The fourth-order valence-corrected chi connectivity index (χ4v) is 5.57. The van der Waals surface area contributed by atoms with Crippen LogP contribution in [0.5, 0.6) is 0 Å². The summed E-state index contributed by atoms with van der Waals surface area (Å²) in [6.45, 7) is -0.0536. The molecule has 11 heteroatoms. The molecule has 3 aromatic rings. The third-order valence-electron chi connectivity index (χ3n) is 5.21. The van der Waals surface area contributed by atoms with E-state index in [4.69, 9.17) is 4.74 Å². The Morgan fingerprint density at radius 2 is 1.97 bits per heavy atom. The minimum absolute atomic E-state index is 0.0263. The zero-order valence-electron chi connectivity index (χ0n) is 16.5. The van der Waals surface area contributed by atoms with E-state index in [2.05, 4.69) is 4.98 Å². The van der Waals surface area contributed by atoms with Gasteiger partial charge in [-0.05, 0) is 36.2 Å². The number of sulfone groups is 1. The average Bonchev–Trinajstić information content (AvgIpc) is 3.36. The lowest BCUT2D eigenvalue weighted by Gasteiger charge is -2.22. The molecular formula is C20H19N3O6S2. The van der Waals surface area contributed by atoms with E-state index in [1.54, 1.807) is 0 Å². The van der Waals surface area contributed by atoms with Crippen molar-refractivity contribution in [2.45, 2.75) is 24.3 Å². The highest BCUT2D eigenvalue weighted by Crippen LogP contribution is 2.39. The van der Waals surface area contributed by atoms with Crippen LogP contribution in [-0.4, -0.2) is 47.4 Å². The molecule has 2 atom stereocenters. The summed E-state index contributed by atoms with van der Waals surface area (Å²) in [7, 11) is -3.36. The molecule has 0 spiro atoms. The molecule has 1 saturated heterocycles. The van der Waals surface area contributed by atoms with Gasteiger partial charge in [-0.1, -0.05) is 12.1 Å². The zero-order valence-corrected chi connectivity index (χ0v) is 18.1. The Balaban J connectivity index is 1.54. The van der Waals surface area contributed by atoms with Crippen molar-refractivity contribution in [3.05, 3.63) is 69.2 Å². The summed E-state index contributed by atoms with van der Waals surface area (Å²) < 4.78 is 30.7. The van der Waals surface area contributed by atoms with Crippen LogP contribution in [0.2, 0.25) is 0 Å². The van der Waals surface area contributed by atoms with Gasteiger partial charge in [-0.3, -0.25) is 15.0 Å². The summed E-state index contributed by atoms with van der Waals surface area (Å²) in [6.07, 6.45) is 0.776. The van der Waals surface area contributed by atoms with Crippen molar-refractivity contribution in [3.8, 4) is 0 Å². The highest BCUT2D eigenvalue weighted by molar-refractivity contribution is 7.91. The van der Waals surface area contributed by atoms with Gasteiger partial charge in [0, 0.05) is 24.9 Å². The Hall–Kier alpha value is -3.05. The molecule has 1 fully saturated rings. The maximum atomic E-state index is 12.8. The predicted molar refractivity (Wildman–Crippen MR) is 116 cm³/mol. The molecule has 2 aromatic carbocycles. The van der Waals surface area contributed by atoms with E-state index in [1.165, 1.54) is 46.8 Å². The van der Waals surface area contributed by atoms with Gasteiger partial charge in [0.25, 0.3) is 5.69 Å². The summed E-state index contributed by atoms with van der Waals surface area (Å²) >= 11 is 1.43. The molecule has 162 valence electrons. The number of hydrogen-bond acceptors (Lipinski definition) is 8. The summed E-state index contributed by atoms with van der Waals surface area (Å²) in [5, 5.41) is 10.7. The van der Waals surface area contributed by atoms with Crippen LogP contribution in [0.3, 0.4) is 0 Å². The van der Waals surface area contributed by atoms with E-state index in [-0.39, 0.29) is 25.3 Å². The van der Waals surface area contributed by atoms with Gasteiger partial charge in [-0.15, -0.1) is 11.3 Å². The number of nitro benzene ring substituents is 1. The summed E-state index contributed by atoms with van der Waals surface area (Å²) in [6, 6.07) is 12.8. The number of fused-ring (bicyclic) bond motifs is 1. The van der Waals surface area contributed by atoms with Crippen LogP contribution >= 0.6 is 11.3 Å². The van der Waals surface area contributed by atoms with Crippen molar-refractivity contribution < 1.29 is 22.9 Å². The van der Waals surface area contributed by atoms with Crippen molar-refractivity contribution in [1.82, 2.24) is 9.88 Å². The number of nitro groups is 1. The first-order chi connectivity index (χ1) is 14.7. The molecule has 0 N–H and O–H groups in total. The third-order valence-corrected chi connectivity index (χ3v) is 7.90. The highest BCUT2D eigenvalue weighted by atomic mass is 32.2. The lowest BCUT2D eigenvalue weighted by atomic mass is 10.2. The molecule has 2 heterocycles. The van der Waals surface area contributed by atoms with Crippen LogP contribution in [0.25, 0.3) is 10.2 Å². The van der Waals surface area contributed by atoms with Crippen molar-refractivity contribution in [2.24, 2.45) is 0 Å². The van der Waals surface area contributed by atoms with E-state index >= 15 is 0 Å². The molecule has 0 aliphatic carbocycles. The van der Waals surface area contributed by atoms with Gasteiger partial charge in [0.15, 0.2) is 9.84 Å². The van der Waals surface area contributed by atoms with E-state index in [1.807, 2.05) is 24.3 Å². The molecule has 1 amide bonds. The van der Waals surface area contributed by atoms with Gasteiger partial charge >= 0.3 is 6.09 Å². The molecule has 0 bridgehead atoms. The highest BCUT2D eigenvalue weighted by Gasteiger charge is 2.42. The molecular weight excluding hydrogens is 442 g/mol. The maximum absolute atomic E-state index is 12.8. The second kappa shape index (κ2) is 8.23. The minimum atomic E-state index is -3.36.